The molecule has 6 heteroatoms. The van der Waals surface area contributed by atoms with Crippen LogP contribution in [0, 0.1) is 5.92 Å². The van der Waals surface area contributed by atoms with E-state index in [2.05, 4.69) is 26.2 Å². The van der Waals surface area contributed by atoms with Crippen LogP contribution in [0.2, 0.25) is 0 Å². The van der Waals surface area contributed by atoms with Gasteiger partial charge in [-0.25, -0.2) is 9.78 Å². The Hall–Kier alpha value is -1.30. The van der Waals surface area contributed by atoms with Crippen molar-refractivity contribution in [3.8, 4) is 5.88 Å². The number of carbonyl (C=O) groups excluding carboxylic acids is 1. The summed E-state index contributed by atoms with van der Waals surface area (Å²) in [5, 5.41) is 2.83. The second kappa shape index (κ2) is 7.64. The van der Waals surface area contributed by atoms with Gasteiger partial charge < -0.3 is 14.8 Å². The lowest BCUT2D eigenvalue weighted by Crippen LogP contribution is -2.45. The third kappa shape index (κ3) is 7.32. The molecule has 1 amide bonds. The third-order valence-corrected chi connectivity index (χ3v) is 3.09. The summed E-state index contributed by atoms with van der Waals surface area (Å²) in [6.07, 6.45) is 1.23. The second-order valence-corrected chi connectivity index (χ2v) is 7.04. The van der Waals surface area contributed by atoms with Crippen molar-refractivity contribution in [2.24, 2.45) is 5.92 Å². The highest BCUT2D eigenvalue weighted by molar-refractivity contribution is 9.10. The van der Waals surface area contributed by atoms with Gasteiger partial charge in [-0.05, 0) is 48.7 Å². The molecule has 1 atom stereocenters. The van der Waals surface area contributed by atoms with Gasteiger partial charge in [0, 0.05) is 16.7 Å². The number of nitrogens with one attached hydrogen (secondary N) is 1. The van der Waals surface area contributed by atoms with Gasteiger partial charge in [0.25, 0.3) is 0 Å². The summed E-state index contributed by atoms with van der Waals surface area (Å²) < 4.78 is 11.8. The molecule has 5 nitrogen and oxygen atoms in total. The van der Waals surface area contributed by atoms with Crippen LogP contribution in [0.3, 0.4) is 0 Å². The van der Waals surface area contributed by atoms with Crippen LogP contribution in [0.15, 0.2) is 22.8 Å². The van der Waals surface area contributed by atoms with Crippen molar-refractivity contribution in [3.05, 3.63) is 22.8 Å². The van der Waals surface area contributed by atoms with Crippen molar-refractivity contribution in [3.63, 3.8) is 0 Å². The molecule has 1 heterocycles. The molecule has 118 valence electrons. The van der Waals surface area contributed by atoms with E-state index in [1.54, 1.807) is 12.3 Å². The molecule has 21 heavy (non-hydrogen) atoms. The zero-order valence-electron chi connectivity index (χ0n) is 13.1. The first-order valence-electron chi connectivity index (χ1n) is 6.91. The van der Waals surface area contributed by atoms with Crippen molar-refractivity contribution >= 4 is 22.0 Å². The number of alkyl carbamates (subject to hydrolysis) is 1. The largest absolute Gasteiger partial charge is 0.475 e. The lowest BCUT2D eigenvalue weighted by atomic mass is 10.1. The van der Waals surface area contributed by atoms with Crippen molar-refractivity contribution in [1.82, 2.24) is 10.3 Å². The van der Waals surface area contributed by atoms with Crippen LogP contribution in [-0.4, -0.2) is 29.3 Å². The van der Waals surface area contributed by atoms with E-state index in [-0.39, 0.29) is 12.0 Å². The van der Waals surface area contributed by atoms with E-state index >= 15 is 0 Å². The minimum absolute atomic E-state index is 0.148. The van der Waals surface area contributed by atoms with Crippen LogP contribution in [0.25, 0.3) is 0 Å². The van der Waals surface area contributed by atoms with Gasteiger partial charge in [-0.2, -0.15) is 0 Å². The molecule has 0 radical (unpaired) electrons. The first kappa shape index (κ1) is 17.8. The Balaban J connectivity index is 2.54. The van der Waals surface area contributed by atoms with Gasteiger partial charge in [0.05, 0.1) is 6.04 Å². The summed E-state index contributed by atoms with van der Waals surface area (Å²) in [6, 6.07) is 3.48. The van der Waals surface area contributed by atoms with Crippen LogP contribution < -0.4 is 10.1 Å². The summed E-state index contributed by atoms with van der Waals surface area (Å²) in [4.78, 5) is 16.0. The quantitative estimate of drug-likeness (QED) is 0.869. The highest BCUT2D eigenvalue weighted by Gasteiger charge is 2.22. The molecule has 0 aliphatic heterocycles. The molecule has 0 aliphatic carbocycles. The highest BCUT2D eigenvalue weighted by Crippen LogP contribution is 2.14. The van der Waals surface area contributed by atoms with Crippen molar-refractivity contribution in [2.45, 2.75) is 46.3 Å². The lowest BCUT2D eigenvalue weighted by molar-refractivity contribution is 0.0467. The Morgan fingerprint density at radius 3 is 2.52 bits per heavy atom. The molecule has 1 rings (SSSR count). The molecule has 0 aromatic carbocycles. The standard InChI is InChI=1S/C15H23BrN2O3/c1-10(2)12(18-14(19)21-15(3,4)5)9-20-13-7-6-11(16)8-17-13/h6-8,10,12H,9H2,1-5H3,(H,18,19). The summed E-state index contributed by atoms with van der Waals surface area (Å²) in [5.74, 6) is 0.739. The molecule has 0 aliphatic rings. The fourth-order valence-corrected chi connectivity index (χ4v) is 1.72. The maximum absolute atomic E-state index is 11.8. The van der Waals surface area contributed by atoms with Crippen molar-refractivity contribution < 1.29 is 14.3 Å². The topological polar surface area (TPSA) is 60.5 Å². The molecule has 0 spiro atoms. The van der Waals surface area contributed by atoms with Gasteiger partial charge in [-0.1, -0.05) is 13.8 Å². The lowest BCUT2D eigenvalue weighted by Gasteiger charge is -2.25. The predicted octanol–water partition coefficient (Wildman–Crippen LogP) is 3.77. The number of halogens is 1. The van der Waals surface area contributed by atoms with E-state index in [4.69, 9.17) is 9.47 Å². The van der Waals surface area contributed by atoms with Gasteiger partial charge in [0.2, 0.25) is 5.88 Å². The maximum atomic E-state index is 11.8. The number of rotatable bonds is 5. The van der Waals surface area contributed by atoms with E-state index in [1.165, 1.54) is 0 Å². The summed E-state index contributed by atoms with van der Waals surface area (Å²) >= 11 is 3.32. The fraction of sp³-hybridized carbons (Fsp3) is 0.600. The molecular formula is C15H23BrN2O3. The highest BCUT2D eigenvalue weighted by atomic mass is 79.9. The molecule has 0 saturated carbocycles. The van der Waals surface area contributed by atoms with Crippen LogP contribution in [0.5, 0.6) is 5.88 Å². The number of hydrogen-bond acceptors (Lipinski definition) is 4. The predicted molar refractivity (Wildman–Crippen MR) is 85.4 cm³/mol. The van der Waals surface area contributed by atoms with Crippen molar-refractivity contribution in [1.29, 1.82) is 0 Å². The van der Waals surface area contributed by atoms with E-state index in [0.29, 0.717) is 12.5 Å². The number of nitrogens with zero attached hydrogens (tertiary/aromatic N) is 1. The van der Waals surface area contributed by atoms with Crippen molar-refractivity contribution in [2.75, 3.05) is 6.61 Å². The molecule has 1 aromatic heterocycles. The van der Waals surface area contributed by atoms with Crippen LogP contribution >= 0.6 is 15.9 Å². The van der Waals surface area contributed by atoms with E-state index in [9.17, 15) is 4.79 Å². The first-order chi connectivity index (χ1) is 9.67. The van der Waals surface area contributed by atoms with Gasteiger partial charge in [0.1, 0.15) is 12.2 Å². The molecule has 0 bridgehead atoms. The van der Waals surface area contributed by atoms with Crippen LogP contribution in [0.1, 0.15) is 34.6 Å². The molecule has 1 N–H and O–H groups in total. The number of aromatic nitrogens is 1. The zero-order chi connectivity index (χ0) is 16.0. The Bertz CT molecular complexity index is 455. The number of hydrogen-bond donors (Lipinski definition) is 1. The number of ether oxygens (including phenoxy) is 2. The molecule has 1 unspecified atom stereocenters. The molecule has 0 fully saturated rings. The minimum Gasteiger partial charge on any atom is -0.475 e. The maximum Gasteiger partial charge on any atom is 0.407 e. The van der Waals surface area contributed by atoms with Gasteiger partial charge >= 0.3 is 6.09 Å². The normalized spacial score (nSPS) is 12.9. The molecule has 1 aromatic rings. The van der Waals surface area contributed by atoms with Crippen LogP contribution in [0.4, 0.5) is 4.79 Å². The number of pyridine rings is 1. The monoisotopic (exact) mass is 358 g/mol. The van der Waals surface area contributed by atoms with E-state index in [0.717, 1.165) is 4.47 Å². The van der Waals surface area contributed by atoms with Gasteiger partial charge in [-0.15, -0.1) is 0 Å². The fourth-order valence-electron chi connectivity index (χ4n) is 1.48. The zero-order valence-corrected chi connectivity index (χ0v) is 14.7. The Labute approximate surface area is 134 Å². The average molecular weight is 359 g/mol. The van der Waals surface area contributed by atoms with E-state index in [1.807, 2.05) is 40.7 Å². The Morgan fingerprint density at radius 1 is 1.38 bits per heavy atom. The number of carbonyl (C=O) groups is 1. The van der Waals surface area contributed by atoms with E-state index < -0.39 is 11.7 Å². The average Bonchev–Trinajstić information content (AvgIpc) is 2.33. The van der Waals surface area contributed by atoms with Gasteiger partial charge in [-0.3, -0.25) is 0 Å². The molecular weight excluding hydrogens is 336 g/mol. The first-order valence-corrected chi connectivity index (χ1v) is 7.70. The van der Waals surface area contributed by atoms with Crippen LogP contribution in [-0.2, 0) is 4.74 Å². The van der Waals surface area contributed by atoms with Gasteiger partial charge in [0.15, 0.2) is 0 Å². The summed E-state index contributed by atoms with van der Waals surface area (Å²) in [5.41, 5.74) is -0.514. The smallest absolute Gasteiger partial charge is 0.407 e. The third-order valence-electron chi connectivity index (χ3n) is 2.62. The summed E-state index contributed by atoms with van der Waals surface area (Å²) in [6.45, 7) is 9.87. The Morgan fingerprint density at radius 2 is 2.05 bits per heavy atom. The number of amides is 1. The SMILES string of the molecule is CC(C)C(COc1ccc(Br)cn1)NC(=O)OC(C)(C)C. The Kier molecular flexibility index (Phi) is 6.45. The molecule has 0 saturated heterocycles. The second-order valence-electron chi connectivity index (χ2n) is 6.12. The summed E-state index contributed by atoms with van der Waals surface area (Å²) in [7, 11) is 0. The minimum atomic E-state index is -0.514.